The third kappa shape index (κ3) is 7.28. The highest BCUT2D eigenvalue weighted by atomic mass is 19.1. The van der Waals surface area contributed by atoms with Gasteiger partial charge in [0.25, 0.3) is 0 Å². The summed E-state index contributed by atoms with van der Waals surface area (Å²) in [6, 6.07) is 2.57. The molecule has 5 atom stereocenters. The summed E-state index contributed by atoms with van der Waals surface area (Å²) in [7, 11) is 1.26. The van der Waals surface area contributed by atoms with E-state index < -0.39 is 65.1 Å². The number of nitrogens with zero attached hydrogens (tertiary/aromatic N) is 2. The maximum absolute atomic E-state index is 14.3. The first-order valence-corrected chi connectivity index (χ1v) is 15.9. The van der Waals surface area contributed by atoms with E-state index in [1.165, 1.54) is 23.0 Å². The van der Waals surface area contributed by atoms with E-state index in [0.717, 1.165) is 19.3 Å². The van der Waals surface area contributed by atoms with Gasteiger partial charge < -0.3 is 29.7 Å². The zero-order chi connectivity index (χ0) is 33.2. The molecule has 3 heterocycles. The highest BCUT2D eigenvalue weighted by molar-refractivity contribution is 5.96. The normalized spacial score (nSPS) is 28.8. The second kappa shape index (κ2) is 13.3. The van der Waals surface area contributed by atoms with Gasteiger partial charge in [-0.05, 0) is 58.1 Å². The molecular weight excluding hydrogens is 599 g/mol. The van der Waals surface area contributed by atoms with Crippen LogP contribution in [0.2, 0.25) is 0 Å². The van der Waals surface area contributed by atoms with E-state index in [4.69, 9.17) is 14.2 Å². The molecule has 0 aromatic heterocycles. The average molecular weight is 643 g/mol. The summed E-state index contributed by atoms with van der Waals surface area (Å²) in [6.45, 7) is 5.25. The van der Waals surface area contributed by atoms with Crippen LogP contribution >= 0.6 is 0 Å². The average Bonchev–Trinajstić information content (AvgIpc) is 3.29. The van der Waals surface area contributed by atoms with Gasteiger partial charge in [0.1, 0.15) is 35.1 Å². The number of alkyl carbamates (subject to hydrolysis) is 1. The molecule has 0 radical (unpaired) electrons. The van der Waals surface area contributed by atoms with Crippen LogP contribution < -0.4 is 10.6 Å². The quantitative estimate of drug-likeness (QED) is 0.289. The number of fused-ring (bicyclic) bond motifs is 3. The van der Waals surface area contributed by atoms with Gasteiger partial charge in [-0.15, -0.1) is 0 Å². The summed E-state index contributed by atoms with van der Waals surface area (Å²) in [5, 5.41) is 5.54. The fourth-order valence-electron chi connectivity index (χ4n) is 6.49. The molecule has 1 saturated heterocycles. The predicted molar refractivity (Wildman–Crippen MR) is 162 cm³/mol. The highest BCUT2D eigenvalue weighted by Crippen LogP contribution is 2.46. The van der Waals surface area contributed by atoms with Crippen molar-refractivity contribution in [2.24, 2.45) is 5.92 Å². The molecule has 1 saturated carbocycles. The molecule has 5 rings (SSSR count). The molecule has 46 heavy (non-hydrogen) atoms. The second-order valence-electron chi connectivity index (χ2n) is 13.5. The number of carbonyl (C=O) groups is 5. The Kier molecular flexibility index (Phi) is 9.59. The van der Waals surface area contributed by atoms with Crippen molar-refractivity contribution in [3.8, 4) is 0 Å². The van der Waals surface area contributed by atoms with Crippen molar-refractivity contribution in [3.63, 3.8) is 0 Å². The van der Waals surface area contributed by atoms with Crippen molar-refractivity contribution in [1.29, 1.82) is 0 Å². The first-order valence-electron chi connectivity index (χ1n) is 15.9. The van der Waals surface area contributed by atoms with Gasteiger partial charge in [0, 0.05) is 24.4 Å². The van der Waals surface area contributed by atoms with Crippen LogP contribution in [0.5, 0.6) is 0 Å². The van der Waals surface area contributed by atoms with Crippen molar-refractivity contribution in [2.45, 2.75) is 108 Å². The lowest BCUT2D eigenvalue weighted by Gasteiger charge is -2.30. The number of allylic oxidation sites excluding steroid dienone is 1. The maximum Gasteiger partial charge on any atom is 0.410 e. The Morgan fingerprint density at radius 2 is 1.89 bits per heavy atom. The molecular formula is C33H43FN4O8. The summed E-state index contributed by atoms with van der Waals surface area (Å²) in [5.41, 5.74) is -0.950. The van der Waals surface area contributed by atoms with Crippen molar-refractivity contribution in [3.05, 3.63) is 47.3 Å². The number of hydrogen-bond acceptors (Lipinski definition) is 8. The molecule has 250 valence electrons. The minimum absolute atomic E-state index is 0.0324. The highest BCUT2D eigenvalue weighted by Gasteiger charge is 2.62. The first-order chi connectivity index (χ1) is 21.8. The second-order valence-corrected chi connectivity index (χ2v) is 13.5. The van der Waals surface area contributed by atoms with Crippen LogP contribution in [0.15, 0.2) is 30.4 Å². The van der Waals surface area contributed by atoms with Crippen LogP contribution in [0.4, 0.5) is 14.0 Å². The Labute approximate surface area is 268 Å². The molecule has 2 fully saturated rings. The molecule has 3 aliphatic heterocycles. The lowest BCUT2D eigenvalue weighted by molar-refractivity contribution is -0.148. The zero-order valence-corrected chi connectivity index (χ0v) is 26.8. The van der Waals surface area contributed by atoms with E-state index >= 15 is 0 Å². The van der Waals surface area contributed by atoms with Crippen LogP contribution in [0, 0.1) is 11.7 Å². The number of rotatable bonds is 3. The molecule has 1 aliphatic carbocycles. The molecule has 4 aliphatic rings. The monoisotopic (exact) mass is 642 g/mol. The number of methoxy groups -OCH3 is 1. The van der Waals surface area contributed by atoms with Crippen LogP contribution in [-0.2, 0) is 41.7 Å². The van der Waals surface area contributed by atoms with Crippen molar-refractivity contribution >= 4 is 30.0 Å². The van der Waals surface area contributed by atoms with Gasteiger partial charge >= 0.3 is 18.2 Å². The van der Waals surface area contributed by atoms with Gasteiger partial charge in [-0.3, -0.25) is 14.5 Å². The van der Waals surface area contributed by atoms with Crippen LogP contribution in [0.3, 0.4) is 0 Å². The van der Waals surface area contributed by atoms with E-state index in [1.54, 1.807) is 32.9 Å². The maximum atomic E-state index is 14.3. The van der Waals surface area contributed by atoms with E-state index in [1.807, 2.05) is 12.2 Å². The van der Waals surface area contributed by atoms with Crippen LogP contribution in [-0.4, -0.2) is 82.8 Å². The van der Waals surface area contributed by atoms with Crippen molar-refractivity contribution in [1.82, 2.24) is 20.4 Å². The van der Waals surface area contributed by atoms with Gasteiger partial charge in [0.15, 0.2) is 0 Å². The van der Waals surface area contributed by atoms with Gasteiger partial charge in [0.05, 0.1) is 20.2 Å². The molecule has 13 heteroatoms. The summed E-state index contributed by atoms with van der Waals surface area (Å²) < 4.78 is 30.6. The zero-order valence-electron chi connectivity index (χ0n) is 26.8. The van der Waals surface area contributed by atoms with Gasteiger partial charge in [-0.2, -0.15) is 0 Å². The van der Waals surface area contributed by atoms with Crippen molar-refractivity contribution < 1.29 is 42.6 Å². The van der Waals surface area contributed by atoms with Gasteiger partial charge in [0.2, 0.25) is 11.8 Å². The number of halogens is 1. The van der Waals surface area contributed by atoms with E-state index in [-0.39, 0.29) is 32.0 Å². The van der Waals surface area contributed by atoms with Crippen molar-refractivity contribution in [2.75, 3.05) is 13.7 Å². The number of amides is 4. The SMILES string of the molecule is COC(=O)C12CC1/C=C\CCCCCC(NC(=O)OC(C)(C)C)C(=O)N1CC(OC(=O)N3Cc4cccc(F)c4C3)CC1C(=O)N2. The number of ether oxygens (including phenoxy) is 3. The third-order valence-electron chi connectivity index (χ3n) is 8.93. The third-order valence-corrected chi connectivity index (χ3v) is 8.93. The largest absolute Gasteiger partial charge is 0.467 e. The summed E-state index contributed by atoms with van der Waals surface area (Å²) in [4.78, 5) is 69.6. The van der Waals surface area contributed by atoms with Crippen LogP contribution in [0.1, 0.15) is 76.8 Å². The van der Waals surface area contributed by atoms with Gasteiger partial charge in [-0.1, -0.05) is 37.1 Å². The Balaban J connectivity index is 1.38. The smallest absolute Gasteiger partial charge is 0.410 e. The Hall–Kier alpha value is -4.16. The lowest BCUT2D eigenvalue weighted by Crippen LogP contribution is -2.56. The molecule has 0 bridgehead atoms. The lowest BCUT2D eigenvalue weighted by atomic mass is 10.0. The van der Waals surface area contributed by atoms with Gasteiger partial charge in [-0.25, -0.2) is 18.8 Å². The number of nitrogens with one attached hydrogen (secondary N) is 2. The molecule has 1 aromatic carbocycles. The summed E-state index contributed by atoms with van der Waals surface area (Å²) in [5.74, 6) is -2.35. The number of hydrogen-bond donors (Lipinski definition) is 2. The minimum Gasteiger partial charge on any atom is -0.467 e. The minimum atomic E-state index is -1.26. The van der Waals surface area contributed by atoms with Crippen LogP contribution in [0.25, 0.3) is 0 Å². The first kappa shape index (κ1) is 33.2. The Morgan fingerprint density at radius 3 is 2.61 bits per heavy atom. The number of benzene rings is 1. The molecule has 4 amide bonds. The molecule has 1 aromatic rings. The fourth-order valence-corrected chi connectivity index (χ4v) is 6.49. The predicted octanol–water partition coefficient (Wildman–Crippen LogP) is 3.71. The fraction of sp³-hybridized carbons (Fsp3) is 0.606. The number of esters is 1. The van der Waals surface area contributed by atoms with E-state index in [0.29, 0.717) is 30.4 Å². The standard InChI is InChI=1S/C33H43FN4O8/c1-32(2,3)46-30(42)35-25-14-9-7-5-6-8-12-21-16-33(21,29(41)44-4)36-27(39)26-15-22(18-38(26)28(25)40)45-31(43)37-17-20-11-10-13-24(34)23(20)19-37/h8,10-13,21-22,25-26H,5-7,9,14-19H2,1-4H3,(H,35,42)(H,36,39)/b12-8-. The molecule has 12 nitrogen and oxygen atoms in total. The molecule has 0 spiro atoms. The number of carbonyl (C=O) groups excluding carboxylic acids is 5. The van der Waals surface area contributed by atoms with E-state index in [2.05, 4.69) is 10.6 Å². The summed E-state index contributed by atoms with van der Waals surface area (Å²) >= 11 is 0. The van der Waals surface area contributed by atoms with E-state index in [9.17, 15) is 28.4 Å². The molecule has 5 unspecified atom stereocenters. The Morgan fingerprint density at radius 1 is 1.11 bits per heavy atom. The Bertz CT molecular complexity index is 1410. The topological polar surface area (TPSA) is 144 Å². The summed E-state index contributed by atoms with van der Waals surface area (Å²) in [6.07, 6.45) is 5.23. The molecule has 2 N–H and O–H groups in total.